The second kappa shape index (κ2) is 9.29. The molecule has 1 fully saturated rings. The molecule has 0 N–H and O–H groups in total. The first-order valence-electron chi connectivity index (χ1n) is 11.3. The minimum absolute atomic E-state index is 0.460. The van der Waals surface area contributed by atoms with E-state index in [1.165, 1.54) is 12.1 Å². The average Bonchev–Trinajstić information content (AvgIpc) is 3.12. The molecular weight excluding hydrogens is 438 g/mol. The van der Waals surface area contributed by atoms with E-state index in [4.69, 9.17) is 9.57 Å². The van der Waals surface area contributed by atoms with Crippen LogP contribution in [0, 0.1) is 18.6 Å². The van der Waals surface area contributed by atoms with Crippen LogP contribution >= 0.6 is 0 Å². The number of hydrogen-bond donors (Lipinski definition) is 0. The average molecular weight is 465 g/mol. The summed E-state index contributed by atoms with van der Waals surface area (Å²) in [4.78, 5) is 12.3. The van der Waals surface area contributed by atoms with Gasteiger partial charge in [0.25, 0.3) is 0 Å². The minimum Gasteiger partial charge on any atom is -0.495 e. The molecule has 0 spiro atoms. The molecule has 1 aromatic heterocycles. The van der Waals surface area contributed by atoms with Gasteiger partial charge in [0.05, 0.1) is 24.8 Å². The SMILES string of the molecule is COc1cc(/C=C2\CCCN3CC[C@@H](c4cc(F)cc(F)c4)ON=C23)ccc1-n1cnc(C)c1. The topological polar surface area (TPSA) is 51.9 Å². The van der Waals surface area contributed by atoms with Crippen LogP contribution in [0.2, 0.25) is 0 Å². The first kappa shape index (κ1) is 22.1. The Kier molecular flexibility index (Phi) is 6.04. The molecule has 34 heavy (non-hydrogen) atoms. The summed E-state index contributed by atoms with van der Waals surface area (Å²) in [6.07, 6.45) is 7.77. The van der Waals surface area contributed by atoms with Crippen molar-refractivity contribution in [1.82, 2.24) is 14.5 Å². The van der Waals surface area contributed by atoms with E-state index in [1.807, 2.05) is 35.9 Å². The van der Waals surface area contributed by atoms with E-state index in [0.29, 0.717) is 18.5 Å². The maximum Gasteiger partial charge on any atom is 0.171 e. The lowest BCUT2D eigenvalue weighted by atomic mass is 9.99. The molecule has 3 heterocycles. The number of amidine groups is 1. The van der Waals surface area contributed by atoms with Gasteiger partial charge in [0.2, 0.25) is 0 Å². The Balaban J connectivity index is 1.43. The van der Waals surface area contributed by atoms with Crippen molar-refractivity contribution < 1.29 is 18.4 Å². The summed E-state index contributed by atoms with van der Waals surface area (Å²) in [5.74, 6) is 0.291. The molecule has 176 valence electrons. The second-order valence-electron chi connectivity index (χ2n) is 8.61. The van der Waals surface area contributed by atoms with Crippen LogP contribution in [-0.2, 0) is 4.84 Å². The van der Waals surface area contributed by atoms with Crippen LogP contribution in [0.1, 0.15) is 42.2 Å². The number of methoxy groups -OCH3 is 1. The number of benzene rings is 2. The number of aromatic nitrogens is 2. The van der Waals surface area contributed by atoms with Gasteiger partial charge in [0, 0.05) is 37.3 Å². The number of imidazole rings is 1. The monoisotopic (exact) mass is 464 g/mol. The van der Waals surface area contributed by atoms with Crippen molar-refractivity contribution in [2.24, 2.45) is 5.16 Å². The lowest BCUT2D eigenvalue weighted by molar-refractivity contribution is 0.0572. The Bertz CT molecular complexity index is 1250. The van der Waals surface area contributed by atoms with Crippen molar-refractivity contribution in [3.05, 3.63) is 83.0 Å². The maximum atomic E-state index is 13.7. The summed E-state index contributed by atoms with van der Waals surface area (Å²) in [7, 11) is 1.65. The summed E-state index contributed by atoms with van der Waals surface area (Å²) in [6, 6.07) is 9.52. The Morgan fingerprint density at radius 3 is 2.68 bits per heavy atom. The molecule has 5 rings (SSSR count). The fourth-order valence-electron chi connectivity index (χ4n) is 4.53. The molecule has 0 radical (unpaired) electrons. The van der Waals surface area contributed by atoms with E-state index in [9.17, 15) is 8.78 Å². The summed E-state index contributed by atoms with van der Waals surface area (Å²) < 4.78 is 35.0. The van der Waals surface area contributed by atoms with E-state index < -0.39 is 17.7 Å². The highest BCUT2D eigenvalue weighted by atomic mass is 19.1. The quantitative estimate of drug-likeness (QED) is 0.517. The van der Waals surface area contributed by atoms with Crippen LogP contribution in [0.5, 0.6) is 5.75 Å². The van der Waals surface area contributed by atoms with Crippen LogP contribution in [-0.4, -0.2) is 40.5 Å². The van der Waals surface area contributed by atoms with Crippen LogP contribution in [0.15, 0.2) is 59.7 Å². The smallest absolute Gasteiger partial charge is 0.171 e. The number of halogens is 2. The Labute approximate surface area is 197 Å². The first-order chi connectivity index (χ1) is 16.5. The molecule has 8 heteroatoms. The molecule has 0 aliphatic carbocycles. The van der Waals surface area contributed by atoms with Gasteiger partial charge in [-0.3, -0.25) is 0 Å². The molecule has 0 saturated carbocycles. The summed E-state index contributed by atoms with van der Waals surface area (Å²) in [6.45, 7) is 3.51. The molecule has 1 saturated heterocycles. The van der Waals surface area contributed by atoms with E-state index in [1.54, 1.807) is 13.4 Å². The van der Waals surface area contributed by atoms with Crippen LogP contribution in [0.4, 0.5) is 8.78 Å². The first-order valence-corrected chi connectivity index (χ1v) is 11.3. The number of aryl methyl sites for hydroxylation is 1. The largest absolute Gasteiger partial charge is 0.495 e. The Morgan fingerprint density at radius 2 is 1.94 bits per heavy atom. The van der Waals surface area contributed by atoms with Gasteiger partial charge in [-0.2, -0.15) is 0 Å². The lowest BCUT2D eigenvalue weighted by Crippen LogP contribution is -2.37. The molecule has 0 amide bonds. The van der Waals surface area contributed by atoms with Gasteiger partial charge in [-0.1, -0.05) is 11.2 Å². The third-order valence-corrected chi connectivity index (χ3v) is 6.18. The number of nitrogens with zero attached hydrogens (tertiary/aromatic N) is 4. The van der Waals surface area contributed by atoms with E-state index in [0.717, 1.165) is 59.6 Å². The van der Waals surface area contributed by atoms with E-state index in [-0.39, 0.29) is 0 Å². The van der Waals surface area contributed by atoms with Crippen molar-refractivity contribution in [2.75, 3.05) is 20.2 Å². The summed E-state index contributed by atoms with van der Waals surface area (Å²) in [5.41, 5.74) is 4.36. The van der Waals surface area contributed by atoms with Crippen molar-refractivity contribution in [1.29, 1.82) is 0 Å². The molecule has 2 aliphatic heterocycles. The van der Waals surface area contributed by atoms with Crippen LogP contribution in [0.25, 0.3) is 11.8 Å². The van der Waals surface area contributed by atoms with Crippen molar-refractivity contribution in [2.45, 2.75) is 32.3 Å². The number of ether oxygens (including phenoxy) is 1. The molecule has 2 aromatic carbocycles. The highest BCUT2D eigenvalue weighted by molar-refractivity contribution is 6.02. The van der Waals surface area contributed by atoms with E-state index >= 15 is 0 Å². The zero-order valence-corrected chi connectivity index (χ0v) is 19.2. The molecule has 6 nitrogen and oxygen atoms in total. The van der Waals surface area contributed by atoms with Crippen molar-refractivity contribution >= 4 is 11.9 Å². The van der Waals surface area contributed by atoms with Crippen LogP contribution < -0.4 is 4.74 Å². The molecule has 0 bridgehead atoms. The molecule has 3 aromatic rings. The highest BCUT2D eigenvalue weighted by Crippen LogP contribution is 2.31. The number of piperidine rings is 1. The second-order valence-corrected chi connectivity index (χ2v) is 8.61. The molecule has 2 aliphatic rings. The Morgan fingerprint density at radius 1 is 1.12 bits per heavy atom. The van der Waals surface area contributed by atoms with E-state index in [2.05, 4.69) is 21.1 Å². The summed E-state index contributed by atoms with van der Waals surface area (Å²) >= 11 is 0. The van der Waals surface area contributed by atoms with Crippen molar-refractivity contribution in [3.8, 4) is 11.4 Å². The zero-order chi connectivity index (χ0) is 23.7. The van der Waals surface area contributed by atoms with Gasteiger partial charge in [0.15, 0.2) is 11.9 Å². The zero-order valence-electron chi connectivity index (χ0n) is 19.2. The van der Waals surface area contributed by atoms with Gasteiger partial charge >= 0.3 is 0 Å². The number of rotatable bonds is 4. The summed E-state index contributed by atoms with van der Waals surface area (Å²) in [5, 5.41) is 4.44. The number of oxime groups is 1. The Hall–Kier alpha value is -3.68. The standard InChI is InChI=1S/C26H26F2N4O2/c1-17-15-32(16-29-17)23-6-5-18(11-25(23)33-2)10-19-4-3-8-31-9-7-24(34-30-26(19)31)20-12-21(27)14-22(28)13-20/h5-6,10-16,24H,3-4,7-9H2,1-2H3/b19-10+/t24-/m0/s1. The minimum atomic E-state index is -0.614. The third-order valence-electron chi connectivity index (χ3n) is 6.18. The third kappa shape index (κ3) is 4.53. The van der Waals surface area contributed by atoms with Crippen LogP contribution in [0.3, 0.4) is 0 Å². The maximum absolute atomic E-state index is 13.7. The van der Waals surface area contributed by atoms with Gasteiger partial charge in [-0.05, 0) is 61.2 Å². The highest BCUT2D eigenvalue weighted by Gasteiger charge is 2.28. The lowest BCUT2D eigenvalue weighted by Gasteiger charge is -2.29. The fraction of sp³-hybridized carbons (Fsp3) is 0.308. The fourth-order valence-corrected chi connectivity index (χ4v) is 4.53. The number of hydrogen-bond acceptors (Lipinski definition) is 5. The normalized spacial score (nSPS) is 19.3. The predicted molar refractivity (Wildman–Crippen MR) is 126 cm³/mol. The van der Waals surface area contributed by atoms with Crippen molar-refractivity contribution in [3.63, 3.8) is 0 Å². The predicted octanol–water partition coefficient (Wildman–Crippen LogP) is 5.42. The van der Waals surface area contributed by atoms with Gasteiger partial charge in [0.1, 0.15) is 17.4 Å². The molecule has 1 atom stereocenters. The molecule has 0 unspecified atom stereocenters. The van der Waals surface area contributed by atoms with Gasteiger partial charge in [-0.25, -0.2) is 13.8 Å². The van der Waals surface area contributed by atoms with Gasteiger partial charge in [-0.15, -0.1) is 0 Å². The van der Waals surface area contributed by atoms with Gasteiger partial charge < -0.3 is 19.0 Å². The number of fused-ring (bicyclic) bond motifs is 1. The molecular formula is C26H26F2N4O2.